The Hall–Kier alpha value is -3.35. The highest BCUT2D eigenvalue weighted by Crippen LogP contribution is 2.18. The van der Waals surface area contributed by atoms with E-state index in [4.69, 9.17) is 4.74 Å². The number of benzene rings is 2. The third-order valence-corrected chi connectivity index (χ3v) is 5.25. The molecule has 7 nitrogen and oxygen atoms in total. The molecular weight excluding hydrogens is 382 g/mol. The molecule has 7 heteroatoms. The first-order chi connectivity index (χ1) is 14.6. The summed E-state index contributed by atoms with van der Waals surface area (Å²) in [6, 6.07) is 16.5. The first kappa shape index (κ1) is 21.4. The third kappa shape index (κ3) is 5.83. The zero-order valence-electron chi connectivity index (χ0n) is 17.1. The second-order valence-corrected chi connectivity index (χ2v) is 7.25. The Morgan fingerprint density at radius 1 is 0.967 bits per heavy atom. The molecule has 0 radical (unpaired) electrons. The van der Waals surface area contributed by atoms with E-state index in [9.17, 15) is 14.4 Å². The minimum absolute atomic E-state index is 0.0201. The number of hydrogen-bond acceptors (Lipinski definition) is 4. The van der Waals surface area contributed by atoms with E-state index in [1.807, 2.05) is 37.3 Å². The molecular formula is C23H27N3O4. The van der Waals surface area contributed by atoms with Gasteiger partial charge in [-0.2, -0.15) is 0 Å². The van der Waals surface area contributed by atoms with Crippen LogP contribution in [-0.2, 0) is 16.0 Å². The molecule has 30 heavy (non-hydrogen) atoms. The van der Waals surface area contributed by atoms with Gasteiger partial charge in [-0.15, -0.1) is 0 Å². The van der Waals surface area contributed by atoms with Crippen molar-refractivity contribution in [3.05, 3.63) is 65.7 Å². The molecule has 2 aromatic carbocycles. The van der Waals surface area contributed by atoms with Crippen LogP contribution in [0.3, 0.4) is 0 Å². The van der Waals surface area contributed by atoms with Crippen molar-refractivity contribution in [2.45, 2.75) is 26.2 Å². The van der Waals surface area contributed by atoms with Crippen LogP contribution in [0.25, 0.3) is 0 Å². The minimum Gasteiger partial charge on any atom is -0.484 e. The van der Waals surface area contributed by atoms with Crippen molar-refractivity contribution < 1.29 is 19.1 Å². The molecule has 0 atom stereocenters. The fourth-order valence-electron chi connectivity index (χ4n) is 3.33. The van der Waals surface area contributed by atoms with Gasteiger partial charge in [-0.05, 0) is 49.1 Å². The molecule has 0 aliphatic carbocycles. The lowest BCUT2D eigenvalue weighted by atomic mass is 9.96. The number of carbonyl (C=O) groups excluding carboxylic acids is 3. The number of para-hydroxylation sites is 1. The monoisotopic (exact) mass is 409 g/mol. The Morgan fingerprint density at radius 2 is 1.63 bits per heavy atom. The number of hydrazine groups is 1. The lowest BCUT2D eigenvalue weighted by Gasteiger charge is -2.31. The van der Waals surface area contributed by atoms with Crippen molar-refractivity contribution in [3.8, 4) is 5.75 Å². The predicted octanol–water partition coefficient (Wildman–Crippen LogP) is 2.33. The van der Waals surface area contributed by atoms with Gasteiger partial charge in [-0.25, -0.2) is 0 Å². The van der Waals surface area contributed by atoms with Gasteiger partial charge in [-0.1, -0.05) is 37.3 Å². The zero-order valence-corrected chi connectivity index (χ0v) is 17.1. The van der Waals surface area contributed by atoms with Crippen LogP contribution in [-0.4, -0.2) is 42.3 Å². The fraction of sp³-hybridized carbons (Fsp3) is 0.348. The van der Waals surface area contributed by atoms with Crippen LogP contribution in [0.5, 0.6) is 5.75 Å². The molecule has 1 aliphatic heterocycles. The molecule has 1 aliphatic rings. The van der Waals surface area contributed by atoms with Crippen LogP contribution in [0.4, 0.5) is 0 Å². The number of hydrogen-bond donors (Lipinski definition) is 2. The summed E-state index contributed by atoms with van der Waals surface area (Å²) in [7, 11) is 0. The van der Waals surface area contributed by atoms with Gasteiger partial charge in [0.2, 0.25) is 5.91 Å². The lowest BCUT2D eigenvalue weighted by Crippen LogP contribution is -2.48. The number of piperidine rings is 1. The number of likely N-dealkylation sites (tertiary alicyclic amines) is 1. The maximum atomic E-state index is 12.4. The largest absolute Gasteiger partial charge is 0.484 e. The SMILES string of the molecule is CCc1ccc(C(=O)NNC(=O)C2CCN(C(=O)COc3ccccc3)CC2)cc1. The summed E-state index contributed by atoms with van der Waals surface area (Å²) < 4.78 is 5.50. The summed E-state index contributed by atoms with van der Waals surface area (Å²) in [6.07, 6.45) is 1.99. The average molecular weight is 409 g/mol. The Kier molecular flexibility index (Phi) is 7.43. The highest BCUT2D eigenvalue weighted by molar-refractivity contribution is 5.95. The normalized spacial score (nSPS) is 14.1. The van der Waals surface area contributed by atoms with Gasteiger partial charge >= 0.3 is 0 Å². The first-order valence-corrected chi connectivity index (χ1v) is 10.2. The highest BCUT2D eigenvalue weighted by Gasteiger charge is 2.27. The van der Waals surface area contributed by atoms with E-state index in [2.05, 4.69) is 10.9 Å². The molecule has 0 unspecified atom stereocenters. The predicted molar refractivity (Wildman–Crippen MR) is 113 cm³/mol. The highest BCUT2D eigenvalue weighted by atomic mass is 16.5. The summed E-state index contributed by atoms with van der Waals surface area (Å²) in [4.78, 5) is 38.6. The van der Waals surface area contributed by atoms with Gasteiger partial charge in [0.05, 0.1) is 0 Å². The van der Waals surface area contributed by atoms with Gasteiger partial charge in [0.25, 0.3) is 11.8 Å². The number of nitrogens with one attached hydrogen (secondary N) is 2. The van der Waals surface area contributed by atoms with Gasteiger partial charge in [0.15, 0.2) is 6.61 Å². The molecule has 1 heterocycles. The third-order valence-electron chi connectivity index (χ3n) is 5.25. The van der Waals surface area contributed by atoms with E-state index >= 15 is 0 Å². The van der Waals surface area contributed by atoms with Gasteiger partial charge in [0.1, 0.15) is 5.75 Å². The van der Waals surface area contributed by atoms with E-state index in [-0.39, 0.29) is 30.2 Å². The van der Waals surface area contributed by atoms with E-state index in [1.165, 1.54) is 0 Å². The maximum absolute atomic E-state index is 12.4. The van der Waals surface area contributed by atoms with Crippen molar-refractivity contribution in [3.63, 3.8) is 0 Å². The Bertz CT molecular complexity index is 860. The molecule has 3 amide bonds. The average Bonchev–Trinajstić information content (AvgIpc) is 2.81. The molecule has 2 aromatic rings. The smallest absolute Gasteiger partial charge is 0.269 e. The maximum Gasteiger partial charge on any atom is 0.269 e. The van der Waals surface area contributed by atoms with Crippen molar-refractivity contribution in [2.24, 2.45) is 5.92 Å². The van der Waals surface area contributed by atoms with Crippen LogP contribution in [0, 0.1) is 5.92 Å². The van der Waals surface area contributed by atoms with Crippen LogP contribution in [0.15, 0.2) is 54.6 Å². The molecule has 1 fully saturated rings. The van der Waals surface area contributed by atoms with Gasteiger partial charge in [0, 0.05) is 24.6 Å². The van der Waals surface area contributed by atoms with Crippen molar-refractivity contribution in [2.75, 3.05) is 19.7 Å². The van der Waals surface area contributed by atoms with Gasteiger partial charge in [-0.3, -0.25) is 25.2 Å². The van der Waals surface area contributed by atoms with E-state index in [0.29, 0.717) is 37.2 Å². The second-order valence-electron chi connectivity index (χ2n) is 7.25. The van der Waals surface area contributed by atoms with Crippen molar-refractivity contribution in [1.82, 2.24) is 15.8 Å². The molecule has 2 N–H and O–H groups in total. The number of aryl methyl sites for hydroxylation is 1. The molecule has 3 rings (SSSR count). The van der Waals surface area contributed by atoms with E-state index in [0.717, 1.165) is 12.0 Å². The second kappa shape index (κ2) is 10.4. The Morgan fingerprint density at radius 3 is 2.27 bits per heavy atom. The molecule has 0 saturated carbocycles. The number of nitrogens with zero attached hydrogens (tertiary/aromatic N) is 1. The lowest BCUT2D eigenvalue weighted by molar-refractivity contribution is -0.137. The van der Waals surface area contributed by atoms with E-state index < -0.39 is 0 Å². The fourth-order valence-corrected chi connectivity index (χ4v) is 3.33. The van der Waals surface area contributed by atoms with Crippen LogP contribution >= 0.6 is 0 Å². The quantitative estimate of drug-likeness (QED) is 0.717. The zero-order chi connectivity index (χ0) is 21.3. The summed E-state index contributed by atoms with van der Waals surface area (Å²) in [6.45, 7) is 3.00. The molecule has 158 valence electrons. The topological polar surface area (TPSA) is 87.7 Å². The van der Waals surface area contributed by atoms with Crippen LogP contribution < -0.4 is 15.6 Å². The van der Waals surface area contributed by atoms with Gasteiger partial charge < -0.3 is 9.64 Å². The summed E-state index contributed by atoms with van der Waals surface area (Å²) in [5.41, 5.74) is 6.61. The summed E-state index contributed by atoms with van der Waals surface area (Å²) >= 11 is 0. The summed E-state index contributed by atoms with van der Waals surface area (Å²) in [5, 5.41) is 0. The Labute approximate surface area is 176 Å². The number of rotatable bonds is 6. The van der Waals surface area contributed by atoms with Crippen LogP contribution in [0.2, 0.25) is 0 Å². The van der Waals surface area contributed by atoms with Crippen LogP contribution in [0.1, 0.15) is 35.7 Å². The Balaban J connectivity index is 1.39. The number of carbonyl (C=O) groups is 3. The number of amides is 3. The van der Waals surface area contributed by atoms with E-state index in [1.54, 1.807) is 29.2 Å². The molecule has 1 saturated heterocycles. The molecule has 0 aromatic heterocycles. The number of ether oxygens (including phenoxy) is 1. The van der Waals surface area contributed by atoms with Crippen molar-refractivity contribution >= 4 is 17.7 Å². The van der Waals surface area contributed by atoms with Crippen molar-refractivity contribution in [1.29, 1.82) is 0 Å². The standard InChI is InChI=1S/C23H27N3O4/c1-2-17-8-10-18(11-9-17)22(28)24-25-23(29)19-12-14-26(15-13-19)21(27)16-30-20-6-4-3-5-7-20/h3-11,19H,2,12-16H2,1H3,(H,24,28)(H,25,29). The summed E-state index contributed by atoms with van der Waals surface area (Å²) in [5.74, 6) is -0.272. The molecule has 0 spiro atoms. The first-order valence-electron chi connectivity index (χ1n) is 10.2. The minimum atomic E-state index is -0.350. The molecule has 0 bridgehead atoms.